The van der Waals surface area contributed by atoms with Crippen LogP contribution in [0.5, 0.6) is 0 Å². The maximum Gasteiger partial charge on any atom is 0.236 e. The average molecular weight is 583 g/mol. The minimum absolute atomic E-state index is 0.132. The number of carbonyl (C=O) groups excluding carboxylic acids is 1. The molecule has 1 amide bonds. The Hall–Kier alpha value is -4.09. The van der Waals surface area contributed by atoms with Crippen molar-refractivity contribution in [3.63, 3.8) is 0 Å². The number of ether oxygens (including phenoxy) is 1. The van der Waals surface area contributed by atoms with Crippen LogP contribution in [-0.4, -0.2) is 70.8 Å². The summed E-state index contributed by atoms with van der Waals surface area (Å²) in [4.78, 5) is 26.9. The topological polar surface area (TPSA) is 75.0 Å². The van der Waals surface area contributed by atoms with Gasteiger partial charge in [-0.3, -0.25) is 14.7 Å². The van der Waals surface area contributed by atoms with Crippen LogP contribution in [0.4, 0.5) is 0 Å². The Morgan fingerprint density at radius 1 is 1.28 bits per heavy atom. The van der Waals surface area contributed by atoms with E-state index >= 15 is 0 Å². The van der Waals surface area contributed by atoms with E-state index in [4.69, 9.17) is 9.73 Å². The van der Waals surface area contributed by atoms with E-state index in [0.717, 1.165) is 73.2 Å². The molecule has 8 heteroatoms. The van der Waals surface area contributed by atoms with Crippen molar-refractivity contribution in [2.75, 3.05) is 33.3 Å². The second-order valence-electron chi connectivity index (χ2n) is 11.1. The molecule has 1 aromatic rings. The first-order valence-electron chi connectivity index (χ1n) is 15.3. The number of likely N-dealkylation sites (N-methyl/N-ethyl adjacent to an activating group) is 2. The van der Waals surface area contributed by atoms with Crippen LogP contribution in [0.25, 0.3) is 5.57 Å². The van der Waals surface area contributed by atoms with E-state index in [0.29, 0.717) is 17.4 Å². The van der Waals surface area contributed by atoms with E-state index < -0.39 is 0 Å². The minimum atomic E-state index is -0.132. The van der Waals surface area contributed by atoms with Crippen LogP contribution >= 0.6 is 0 Å². The first-order chi connectivity index (χ1) is 20.8. The van der Waals surface area contributed by atoms with Crippen molar-refractivity contribution in [3.8, 4) is 11.8 Å². The van der Waals surface area contributed by atoms with Crippen molar-refractivity contribution in [2.45, 2.75) is 72.9 Å². The predicted molar refractivity (Wildman–Crippen MR) is 175 cm³/mol. The number of nitrogens with zero attached hydrogens (tertiary/aromatic N) is 5. The maximum absolute atomic E-state index is 12.7. The maximum atomic E-state index is 12.7. The van der Waals surface area contributed by atoms with Crippen molar-refractivity contribution in [3.05, 3.63) is 82.6 Å². The van der Waals surface area contributed by atoms with Crippen LogP contribution in [0.1, 0.15) is 66.1 Å². The molecule has 228 valence electrons. The molecule has 3 aliphatic rings. The molecule has 0 aromatic carbocycles. The molecule has 1 N–H and O–H groups in total. The summed E-state index contributed by atoms with van der Waals surface area (Å²) in [5.41, 5.74) is 6.60. The summed E-state index contributed by atoms with van der Waals surface area (Å²) in [6, 6.07) is 0.692. The zero-order valence-electron chi connectivity index (χ0n) is 26.7. The number of rotatable bonds is 13. The molecule has 0 spiro atoms. The van der Waals surface area contributed by atoms with Crippen molar-refractivity contribution in [2.24, 2.45) is 4.99 Å². The van der Waals surface area contributed by atoms with E-state index in [9.17, 15) is 4.79 Å². The van der Waals surface area contributed by atoms with Gasteiger partial charge in [0.05, 0.1) is 24.9 Å². The van der Waals surface area contributed by atoms with Crippen LogP contribution in [0.3, 0.4) is 0 Å². The number of carbonyl (C=O) groups is 1. The number of imidazole rings is 1. The summed E-state index contributed by atoms with van der Waals surface area (Å²) in [7, 11) is 1.66. The molecule has 0 atom stereocenters. The summed E-state index contributed by atoms with van der Waals surface area (Å²) in [5, 5.41) is 3.06. The molecule has 1 aliphatic carbocycles. The zero-order chi connectivity index (χ0) is 30.9. The first-order valence-corrected chi connectivity index (χ1v) is 15.3. The number of nitrogens with one attached hydrogen (secondary N) is 1. The van der Waals surface area contributed by atoms with Crippen molar-refractivity contribution in [1.82, 2.24) is 24.7 Å². The summed E-state index contributed by atoms with van der Waals surface area (Å²) in [5.74, 6) is 7.12. The Bertz CT molecular complexity index is 1470. The van der Waals surface area contributed by atoms with E-state index in [2.05, 4.69) is 76.0 Å². The molecule has 1 saturated carbocycles. The van der Waals surface area contributed by atoms with Gasteiger partial charge in [0, 0.05) is 68.2 Å². The lowest BCUT2D eigenvalue weighted by molar-refractivity contribution is -0.119. The third-order valence-electron chi connectivity index (χ3n) is 8.17. The molecule has 0 saturated heterocycles. The van der Waals surface area contributed by atoms with Crippen LogP contribution < -0.4 is 5.32 Å². The number of amides is 1. The Balaban J connectivity index is 1.61. The van der Waals surface area contributed by atoms with Gasteiger partial charge in [-0.05, 0) is 76.3 Å². The molecule has 0 bridgehead atoms. The van der Waals surface area contributed by atoms with Crippen LogP contribution in [0.2, 0.25) is 0 Å². The van der Waals surface area contributed by atoms with E-state index in [1.807, 2.05) is 31.6 Å². The van der Waals surface area contributed by atoms with Gasteiger partial charge in [-0.2, -0.15) is 0 Å². The third-order valence-corrected chi connectivity index (χ3v) is 8.17. The van der Waals surface area contributed by atoms with Gasteiger partial charge in [-0.15, -0.1) is 5.92 Å². The minimum Gasteiger partial charge on any atom is -0.496 e. The molecule has 0 unspecified atom stereocenters. The number of allylic oxidation sites excluding steroid dienone is 7. The molecule has 1 aromatic heterocycles. The quantitative estimate of drug-likeness (QED) is 0.186. The standard InChI is InChI=1S/C35H46N6O2/c1-8-11-12-34(42)38-27(6)32(40(10-3)20-19-39(9-2)30-14-15-30)22-33(43-7)26(5)31-16-13-28-24-41-18-17-36-35(41)25(4)21-29(28)23-37-31/h16-18,21-23,30H,5,9-10,12-15,19-20,24H2,1-4,6-7H3,(H,38,42)/b32-27-,33-22+. The lowest BCUT2D eigenvalue weighted by Gasteiger charge is -2.30. The molecule has 8 nitrogen and oxygen atoms in total. The van der Waals surface area contributed by atoms with Gasteiger partial charge < -0.3 is 19.5 Å². The van der Waals surface area contributed by atoms with Gasteiger partial charge in [-0.25, -0.2) is 4.98 Å². The van der Waals surface area contributed by atoms with Gasteiger partial charge in [0.25, 0.3) is 0 Å². The lowest BCUT2D eigenvalue weighted by atomic mass is 10.0. The molecule has 2 aliphatic heterocycles. The second kappa shape index (κ2) is 14.9. The zero-order valence-corrected chi connectivity index (χ0v) is 26.7. The number of aromatic nitrogens is 2. The van der Waals surface area contributed by atoms with Crippen molar-refractivity contribution in [1.29, 1.82) is 0 Å². The SMILES string of the molecule is C=C(C1=CCC2=C(C=N1)C=C(C)c1nccn1C2)/C(=C\C(=C(/C)NC(=O)CC#CC)N(CC)CCN(CC)C1CC1)OC. The summed E-state index contributed by atoms with van der Waals surface area (Å²) >= 11 is 0. The molecule has 43 heavy (non-hydrogen) atoms. The second-order valence-corrected chi connectivity index (χ2v) is 11.1. The predicted octanol–water partition coefficient (Wildman–Crippen LogP) is 5.61. The molecule has 1 fully saturated rings. The Labute approximate surface area is 257 Å². The summed E-state index contributed by atoms with van der Waals surface area (Å²) in [6.45, 7) is 18.9. The number of hydrogen-bond acceptors (Lipinski definition) is 6. The first kappa shape index (κ1) is 31.8. The highest BCUT2D eigenvalue weighted by Crippen LogP contribution is 2.30. The molecular weight excluding hydrogens is 536 g/mol. The average Bonchev–Trinajstić information content (AvgIpc) is 3.78. The smallest absolute Gasteiger partial charge is 0.236 e. The number of fused-ring (bicyclic) bond motifs is 1. The number of methoxy groups -OCH3 is 1. The number of aliphatic imine (C=N–C) groups is 1. The normalized spacial score (nSPS) is 17.0. The van der Waals surface area contributed by atoms with E-state index in [1.165, 1.54) is 18.4 Å². The third kappa shape index (κ3) is 8.05. The Morgan fingerprint density at radius 2 is 2.07 bits per heavy atom. The Morgan fingerprint density at radius 3 is 2.74 bits per heavy atom. The fourth-order valence-corrected chi connectivity index (χ4v) is 5.58. The van der Waals surface area contributed by atoms with E-state index in [1.54, 1.807) is 14.0 Å². The molecular formula is C35H46N6O2. The lowest BCUT2D eigenvalue weighted by Crippen LogP contribution is -2.37. The van der Waals surface area contributed by atoms with Crippen molar-refractivity contribution < 1.29 is 9.53 Å². The fraction of sp³-hybridized carbons (Fsp3) is 0.457. The molecule has 3 heterocycles. The van der Waals surface area contributed by atoms with Gasteiger partial charge in [0.15, 0.2) is 0 Å². The van der Waals surface area contributed by atoms with Gasteiger partial charge >= 0.3 is 0 Å². The highest BCUT2D eigenvalue weighted by Gasteiger charge is 2.28. The molecule has 4 rings (SSSR count). The highest BCUT2D eigenvalue weighted by molar-refractivity contribution is 5.89. The fourth-order valence-electron chi connectivity index (χ4n) is 5.58. The highest BCUT2D eigenvalue weighted by atomic mass is 16.5. The monoisotopic (exact) mass is 582 g/mol. The Kier molecular flexibility index (Phi) is 11.0. The van der Waals surface area contributed by atoms with Crippen LogP contribution in [0.15, 0.2) is 81.8 Å². The molecule has 0 radical (unpaired) electrons. The van der Waals surface area contributed by atoms with Crippen LogP contribution in [0, 0.1) is 11.8 Å². The number of hydrogen-bond donors (Lipinski definition) is 1. The van der Waals surface area contributed by atoms with Gasteiger partial charge in [0.1, 0.15) is 11.6 Å². The largest absolute Gasteiger partial charge is 0.496 e. The van der Waals surface area contributed by atoms with Crippen molar-refractivity contribution >= 4 is 17.7 Å². The summed E-state index contributed by atoms with van der Waals surface area (Å²) in [6.07, 6.45) is 15.5. The van der Waals surface area contributed by atoms with E-state index in [-0.39, 0.29) is 12.3 Å². The van der Waals surface area contributed by atoms with Crippen LogP contribution in [-0.2, 0) is 16.1 Å². The van der Waals surface area contributed by atoms with Gasteiger partial charge in [0.2, 0.25) is 5.91 Å². The van der Waals surface area contributed by atoms with Gasteiger partial charge in [-0.1, -0.05) is 25.5 Å². The summed E-state index contributed by atoms with van der Waals surface area (Å²) < 4.78 is 8.12.